The van der Waals surface area contributed by atoms with Gasteiger partial charge in [0.25, 0.3) is 5.91 Å². The standard InChI is InChI=1S/C20H22N4O2S/c1-15-13-16(23-26-15)14-27-20-18(9-6-10-22-20)19(25)21-11-12-24(2)17-7-4-3-5-8-17/h3-10,13H,11-12,14H2,1-2H3,(H,21,25). The van der Waals surface area contributed by atoms with Gasteiger partial charge in [0.05, 0.1) is 11.3 Å². The molecule has 0 bridgehead atoms. The van der Waals surface area contributed by atoms with Gasteiger partial charge in [-0.2, -0.15) is 0 Å². The highest BCUT2D eigenvalue weighted by molar-refractivity contribution is 7.98. The molecule has 7 heteroatoms. The zero-order valence-corrected chi connectivity index (χ0v) is 16.2. The van der Waals surface area contributed by atoms with E-state index in [1.807, 2.05) is 50.4 Å². The van der Waals surface area contributed by atoms with Crippen molar-refractivity contribution < 1.29 is 9.32 Å². The fraction of sp³-hybridized carbons (Fsp3) is 0.250. The third-order valence-electron chi connectivity index (χ3n) is 3.98. The molecule has 1 amide bonds. The fourth-order valence-corrected chi connectivity index (χ4v) is 3.42. The van der Waals surface area contributed by atoms with E-state index in [9.17, 15) is 4.79 Å². The number of amides is 1. The Balaban J connectivity index is 1.55. The lowest BCUT2D eigenvalue weighted by molar-refractivity contribution is 0.0951. The van der Waals surface area contributed by atoms with Crippen LogP contribution in [0.25, 0.3) is 0 Å². The molecule has 0 aliphatic carbocycles. The molecule has 0 saturated heterocycles. The highest BCUT2D eigenvalue weighted by atomic mass is 32.2. The summed E-state index contributed by atoms with van der Waals surface area (Å²) in [7, 11) is 2.01. The predicted octanol–water partition coefficient (Wildman–Crippen LogP) is 3.54. The van der Waals surface area contributed by atoms with E-state index in [-0.39, 0.29) is 5.91 Å². The summed E-state index contributed by atoms with van der Waals surface area (Å²) in [5, 5.41) is 7.63. The van der Waals surface area contributed by atoms with Crippen molar-refractivity contribution in [3.8, 4) is 0 Å². The first-order valence-corrected chi connectivity index (χ1v) is 9.66. The van der Waals surface area contributed by atoms with Crippen molar-refractivity contribution in [2.24, 2.45) is 0 Å². The molecule has 27 heavy (non-hydrogen) atoms. The van der Waals surface area contributed by atoms with E-state index in [1.165, 1.54) is 11.8 Å². The average Bonchev–Trinajstić information content (AvgIpc) is 3.12. The molecule has 0 spiro atoms. The highest BCUT2D eigenvalue weighted by Crippen LogP contribution is 2.24. The number of aromatic nitrogens is 2. The number of rotatable bonds is 8. The number of carbonyl (C=O) groups is 1. The van der Waals surface area contributed by atoms with E-state index in [0.29, 0.717) is 22.9 Å². The summed E-state index contributed by atoms with van der Waals surface area (Å²) in [5.74, 6) is 1.25. The molecular formula is C20H22N4O2S. The van der Waals surface area contributed by atoms with Crippen molar-refractivity contribution in [1.29, 1.82) is 0 Å². The van der Waals surface area contributed by atoms with E-state index in [4.69, 9.17) is 4.52 Å². The predicted molar refractivity (Wildman–Crippen MR) is 107 cm³/mol. The van der Waals surface area contributed by atoms with E-state index in [1.54, 1.807) is 18.3 Å². The number of pyridine rings is 1. The monoisotopic (exact) mass is 382 g/mol. The van der Waals surface area contributed by atoms with Crippen molar-refractivity contribution in [2.75, 3.05) is 25.0 Å². The Morgan fingerprint density at radius 2 is 2.04 bits per heavy atom. The number of para-hydroxylation sites is 1. The number of carbonyl (C=O) groups excluding carboxylic acids is 1. The van der Waals surface area contributed by atoms with Crippen LogP contribution in [0.4, 0.5) is 5.69 Å². The van der Waals surface area contributed by atoms with Gasteiger partial charge in [0.15, 0.2) is 0 Å². The number of benzene rings is 1. The Hall–Kier alpha value is -2.80. The van der Waals surface area contributed by atoms with Gasteiger partial charge in [0.1, 0.15) is 10.8 Å². The molecule has 0 fully saturated rings. The van der Waals surface area contributed by atoms with Crippen molar-refractivity contribution in [1.82, 2.24) is 15.5 Å². The number of thioether (sulfide) groups is 1. The molecule has 2 heterocycles. The summed E-state index contributed by atoms with van der Waals surface area (Å²) in [6.45, 7) is 3.12. The lowest BCUT2D eigenvalue weighted by Gasteiger charge is -2.19. The average molecular weight is 382 g/mol. The summed E-state index contributed by atoms with van der Waals surface area (Å²) in [4.78, 5) is 19.0. The lowest BCUT2D eigenvalue weighted by atomic mass is 10.2. The van der Waals surface area contributed by atoms with Gasteiger partial charge in [0.2, 0.25) is 0 Å². The second-order valence-corrected chi connectivity index (χ2v) is 7.05. The Kier molecular flexibility index (Phi) is 6.49. The first kappa shape index (κ1) is 19.0. The van der Waals surface area contributed by atoms with Crippen LogP contribution in [0.1, 0.15) is 21.8 Å². The first-order chi connectivity index (χ1) is 13.1. The van der Waals surface area contributed by atoms with Crippen molar-refractivity contribution in [2.45, 2.75) is 17.7 Å². The second kappa shape index (κ2) is 9.23. The first-order valence-electron chi connectivity index (χ1n) is 8.68. The molecule has 0 aliphatic rings. The van der Waals surface area contributed by atoms with Crippen LogP contribution in [-0.4, -0.2) is 36.2 Å². The maximum atomic E-state index is 12.6. The van der Waals surface area contributed by atoms with Crippen molar-refractivity contribution >= 4 is 23.4 Å². The van der Waals surface area contributed by atoms with Crippen LogP contribution < -0.4 is 10.2 Å². The van der Waals surface area contributed by atoms with Gasteiger partial charge >= 0.3 is 0 Å². The molecule has 0 radical (unpaired) electrons. The number of likely N-dealkylation sites (N-methyl/N-ethyl adjacent to an activating group) is 1. The smallest absolute Gasteiger partial charge is 0.254 e. The molecule has 0 saturated carbocycles. The molecule has 3 rings (SSSR count). The number of nitrogens with zero attached hydrogens (tertiary/aromatic N) is 3. The third-order valence-corrected chi connectivity index (χ3v) is 5.02. The Bertz CT molecular complexity index is 882. The maximum absolute atomic E-state index is 12.6. The van der Waals surface area contributed by atoms with Gasteiger partial charge in [-0.1, -0.05) is 35.1 Å². The zero-order chi connectivity index (χ0) is 19.1. The van der Waals surface area contributed by atoms with Crippen LogP contribution in [0.15, 0.2) is 64.3 Å². The third kappa shape index (κ3) is 5.34. The summed E-state index contributed by atoms with van der Waals surface area (Å²) in [6, 6.07) is 15.5. The molecule has 2 aromatic heterocycles. The van der Waals surface area contributed by atoms with Crippen LogP contribution >= 0.6 is 11.8 Å². The minimum Gasteiger partial charge on any atom is -0.373 e. The molecule has 3 aromatic rings. The molecule has 1 N–H and O–H groups in total. The minimum atomic E-state index is -0.122. The number of nitrogens with one attached hydrogen (secondary N) is 1. The second-order valence-electron chi connectivity index (χ2n) is 6.09. The molecule has 0 aliphatic heterocycles. The summed E-state index contributed by atoms with van der Waals surface area (Å²) < 4.78 is 5.07. The Labute approximate surface area is 163 Å². The van der Waals surface area contributed by atoms with Crippen LogP contribution in [0.2, 0.25) is 0 Å². The largest absolute Gasteiger partial charge is 0.373 e. The van der Waals surface area contributed by atoms with Crippen LogP contribution in [0, 0.1) is 6.92 Å². The minimum absolute atomic E-state index is 0.122. The van der Waals surface area contributed by atoms with E-state index in [2.05, 4.69) is 20.4 Å². The molecule has 0 unspecified atom stereocenters. The van der Waals surface area contributed by atoms with Crippen molar-refractivity contribution in [3.05, 3.63) is 71.7 Å². The topological polar surface area (TPSA) is 71.3 Å². The molecule has 0 atom stereocenters. The van der Waals surface area contributed by atoms with Gasteiger partial charge in [-0.15, -0.1) is 0 Å². The molecule has 1 aromatic carbocycles. The Morgan fingerprint density at radius 3 is 2.78 bits per heavy atom. The number of hydrogen-bond donors (Lipinski definition) is 1. The van der Waals surface area contributed by atoms with E-state index in [0.717, 1.165) is 23.7 Å². The van der Waals surface area contributed by atoms with Crippen LogP contribution in [-0.2, 0) is 5.75 Å². The van der Waals surface area contributed by atoms with Crippen LogP contribution in [0.3, 0.4) is 0 Å². The van der Waals surface area contributed by atoms with Crippen LogP contribution in [0.5, 0.6) is 0 Å². The van der Waals surface area contributed by atoms with Gasteiger partial charge in [0, 0.05) is 43.8 Å². The molecule has 140 valence electrons. The van der Waals surface area contributed by atoms with E-state index >= 15 is 0 Å². The Morgan fingerprint density at radius 1 is 1.22 bits per heavy atom. The summed E-state index contributed by atoms with van der Waals surface area (Å²) >= 11 is 1.47. The fourth-order valence-electron chi connectivity index (χ4n) is 2.55. The van der Waals surface area contributed by atoms with E-state index < -0.39 is 0 Å². The van der Waals surface area contributed by atoms with Gasteiger partial charge in [-0.3, -0.25) is 4.79 Å². The zero-order valence-electron chi connectivity index (χ0n) is 15.4. The summed E-state index contributed by atoms with van der Waals surface area (Å²) in [5.41, 5.74) is 2.52. The summed E-state index contributed by atoms with van der Waals surface area (Å²) in [6.07, 6.45) is 1.69. The normalized spacial score (nSPS) is 10.6. The lowest BCUT2D eigenvalue weighted by Crippen LogP contribution is -2.33. The quantitative estimate of drug-likeness (QED) is 0.601. The maximum Gasteiger partial charge on any atom is 0.254 e. The van der Waals surface area contributed by atoms with Crippen molar-refractivity contribution in [3.63, 3.8) is 0 Å². The number of anilines is 1. The molecule has 6 nitrogen and oxygen atoms in total. The van der Waals surface area contributed by atoms with Gasteiger partial charge in [-0.25, -0.2) is 4.98 Å². The number of hydrogen-bond acceptors (Lipinski definition) is 6. The van der Waals surface area contributed by atoms with Gasteiger partial charge in [-0.05, 0) is 31.2 Å². The SMILES string of the molecule is Cc1cc(CSc2ncccc2C(=O)NCCN(C)c2ccccc2)no1. The highest BCUT2D eigenvalue weighted by Gasteiger charge is 2.13. The molecular weight excluding hydrogens is 360 g/mol. The van der Waals surface area contributed by atoms with Gasteiger partial charge < -0.3 is 14.7 Å². The number of aryl methyl sites for hydroxylation is 1.